The van der Waals surface area contributed by atoms with E-state index in [1.54, 1.807) is 0 Å². The Balaban J connectivity index is 0.00000306. The van der Waals surface area contributed by atoms with E-state index in [1.165, 1.54) is 5.56 Å². The summed E-state index contributed by atoms with van der Waals surface area (Å²) in [6, 6.07) is 28.0. The molecular weight excluding hydrogens is 430 g/mol. The van der Waals surface area contributed by atoms with E-state index in [4.69, 9.17) is 0 Å². The molecule has 0 amide bonds. The number of piperidine rings is 1. The second-order valence-corrected chi connectivity index (χ2v) is 9.01. The van der Waals surface area contributed by atoms with Crippen LogP contribution < -0.4 is 0 Å². The Labute approximate surface area is 203 Å². The predicted molar refractivity (Wildman–Crippen MR) is 137 cm³/mol. The van der Waals surface area contributed by atoms with Crippen LogP contribution in [0.15, 0.2) is 84.9 Å². The van der Waals surface area contributed by atoms with E-state index in [1.807, 2.05) is 91.9 Å². The number of Topliss-reactive ketones (excluding diaryl/α,β-unsaturated/α-hetero) is 1. The number of carbonyl (C=O) groups excluding carboxylic acids is 1. The van der Waals surface area contributed by atoms with Crippen LogP contribution in [0.4, 0.5) is 0 Å². The van der Waals surface area contributed by atoms with E-state index < -0.39 is 5.60 Å². The average Bonchev–Trinajstić information content (AvgIpc) is 2.85. The van der Waals surface area contributed by atoms with Crippen molar-refractivity contribution in [1.82, 2.24) is 4.90 Å². The number of carbonyl (C=O) groups is 1. The van der Waals surface area contributed by atoms with Crippen LogP contribution in [0.1, 0.15) is 52.7 Å². The van der Waals surface area contributed by atoms with Crippen LogP contribution in [-0.4, -0.2) is 35.4 Å². The third-order valence-corrected chi connectivity index (χ3v) is 6.86. The summed E-state index contributed by atoms with van der Waals surface area (Å²) in [7, 11) is 0. The lowest BCUT2D eigenvalue weighted by atomic mass is 9.72. The summed E-state index contributed by atoms with van der Waals surface area (Å²) >= 11 is 0. The molecule has 0 aromatic heterocycles. The van der Waals surface area contributed by atoms with E-state index in [9.17, 15) is 9.90 Å². The largest absolute Gasteiger partial charge is 0.380 e. The number of likely N-dealkylation sites (tertiary alicyclic amines) is 1. The number of aryl methyl sites for hydroxylation is 1. The molecule has 1 aliphatic rings. The SMILES string of the molecule is Cc1ccc(C(=O)CCCN2CCC(C(O)(c3ccccc3)c3ccccc3)CC2)cc1.Cl. The van der Waals surface area contributed by atoms with Gasteiger partial charge in [-0.05, 0) is 62.9 Å². The highest BCUT2D eigenvalue weighted by Crippen LogP contribution is 2.41. The van der Waals surface area contributed by atoms with Crippen LogP contribution in [0.25, 0.3) is 0 Å². The van der Waals surface area contributed by atoms with Crippen molar-refractivity contribution in [2.45, 2.75) is 38.2 Å². The standard InChI is InChI=1S/C29H33NO2.ClH/c1-23-14-16-24(17-15-23)28(31)13-8-20-30-21-18-27(19-22-30)29(32,25-9-4-2-5-10-25)26-11-6-3-7-12-26;/h2-7,9-12,14-17,27,32H,8,13,18-22H2,1H3;1H. The molecule has 33 heavy (non-hydrogen) atoms. The molecule has 4 rings (SSSR count). The van der Waals surface area contributed by atoms with E-state index in [-0.39, 0.29) is 24.1 Å². The van der Waals surface area contributed by atoms with Crippen molar-refractivity contribution in [1.29, 1.82) is 0 Å². The molecule has 1 heterocycles. The van der Waals surface area contributed by atoms with Gasteiger partial charge in [0, 0.05) is 12.0 Å². The second kappa shape index (κ2) is 11.6. The number of hydrogen-bond donors (Lipinski definition) is 1. The molecule has 3 aromatic carbocycles. The molecule has 0 saturated carbocycles. The summed E-state index contributed by atoms with van der Waals surface area (Å²) in [6.07, 6.45) is 3.33. The maximum Gasteiger partial charge on any atom is 0.162 e. The molecule has 1 N–H and O–H groups in total. The highest BCUT2D eigenvalue weighted by molar-refractivity contribution is 5.96. The minimum Gasteiger partial charge on any atom is -0.380 e. The minimum atomic E-state index is -0.976. The van der Waals surface area contributed by atoms with Gasteiger partial charge in [-0.15, -0.1) is 12.4 Å². The Bertz CT molecular complexity index is 957. The first-order valence-corrected chi connectivity index (χ1v) is 11.7. The summed E-state index contributed by atoms with van der Waals surface area (Å²) in [6.45, 7) is 4.87. The number of rotatable bonds is 8. The van der Waals surface area contributed by atoms with Crippen molar-refractivity contribution in [2.24, 2.45) is 5.92 Å². The number of benzene rings is 3. The smallest absolute Gasteiger partial charge is 0.162 e. The van der Waals surface area contributed by atoms with Crippen LogP contribution >= 0.6 is 12.4 Å². The van der Waals surface area contributed by atoms with Gasteiger partial charge in [-0.3, -0.25) is 4.79 Å². The lowest BCUT2D eigenvalue weighted by Gasteiger charge is -2.42. The first-order chi connectivity index (χ1) is 15.6. The van der Waals surface area contributed by atoms with E-state index in [0.717, 1.165) is 55.6 Å². The Kier molecular flexibility index (Phi) is 8.85. The molecular formula is C29H34ClNO2. The highest BCUT2D eigenvalue weighted by Gasteiger charge is 2.41. The quantitative estimate of drug-likeness (QED) is 0.415. The van der Waals surface area contributed by atoms with Gasteiger partial charge in [0.1, 0.15) is 5.60 Å². The zero-order chi connectivity index (χ0) is 22.4. The number of aliphatic hydroxyl groups is 1. The zero-order valence-corrected chi connectivity index (χ0v) is 20.1. The topological polar surface area (TPSA) is 40.5 Å². The predicted octanol–water partition coefficient (Wildman–Crippen LogP) is 6.03. The molecule has 0 unspecified atom stereocenters. The number of halogens is 1. The lowest BCUT2D eigenvalue weighted by molar-refractivity contribution is -0.0142. The number of ketones is 1. The summed E-state index contributed by atoms with van der Waals surface area (Å²) in [4.78, 5) is 14.9. The molecule has 1 fully saturated rings. The van der Waals surface area contributed by atoms with E-state index in [0.29, 0.717) is 6.42 Å². The van der Waals surface area contributed by atoms with Gasteiger partial charge in [-0.2, -0.15) is 0 Å². The fraction of sp³-hybridized carbons (Fsp3) is 0.345. The summed E-state index contributed by atoms with van der Waals surface area (Å²) in [5, 5.41) is 12.0. The van der Waals surface area contributed by atoms with E-state index >= 15 is 0 Å². The number of nitrogens with zero attached hydrogens (tertiary/aromatic N) is 1. The summed E-state index contributed by atoms with van der Waals surface area (Å²) in [5.74, 6) is 0.389. The fourth-order valence-electron chi connectivity index (χ4n) is 4.94. The van der Waals surface area contributed by atoms with Gasteiger partial charge in [0.2, 0.25) is 0 Å². The van der Waals surface area contributed by atoms with Crippen LogP contribution in [0.2, 0.25) is 0 Å². The van der Waals surface area contributed by atoms with Crippen molar-refractivity contribution in [3.8, 4) is 0 Å². The van der Waals surface area contributed by atoms with Gasteiger partial charge in [0.05, 0.1) is 0 Å². The molecule has 4 heteroatoms. The molecule has 3 aromatic rings. The third kappa shape index (κ3) is 5.92. The Morgan fingerprint density at radius 2 is 1.39 bits per heavy atom. The second-order valence-electron chi connectivity index (χ2n) is 9.01. The molecule has 0 aliphatic carbocycles. The fourth-order valence-corrected chi connectivity index (χ4v) is 4.94. The molecule has 3 nitrogen and oxygen atoms in total. The van der Waals surface area contributed by atoms with Gasteiger partial charge >= 0.3 is 0 Å². The number of hydrogen-bond acceptors (Lipinski definition) is 3. The Hall–Kier alpha value is -2.46. The van der Waals surface area contributed by atoms with Gasteiger partial charge in [-0.25, -0.2) is 0 Å². The maximum atomic E-state index is 12.4. The molecule has 174 valence electrons. The molecule has 1 saturated heterocycles. The normalized spacial score (nSPS) is 15.1. The maximum absolute atomic E-state index is 12.4. The molecule has 0 radical (unpaired) electrons. The first kappa shape index (κ1) is 25.2. The lowest BCUT2D eigenvalue weighted by Crippen LogP contribution is -2.44. The van der Waals surface area contributed by atoms with Gasteiger partial charge in [-0.1, -0.05) is 90.5 Å². The monoisotopic (exact) mass is 463 g/mol. The van der Waals surface area contributed by atoms with Crippen LogP contribution in [-0.2, 0) is 5.60 Å². The summed E-state index contributed by atoms with van der Waals surface area (Å²) in [5.41, 5.74) is 2.94. The zero-order valence-electron chi connectivity index (χ0n) is 19.3. The van der Waals surface area contributed by atoms with Crippen LogP contribution in [0.5, 0.6) is 0 Å². The molecule has 0 atom stereocenters. The van der Waals surface area contributed by atoms with Gasteiger partial charge < -0.3 is 10.0 Å². The minimum absolute atomic E-state index is 0. The van der Waals surface area contributed by atoms with Crippen molar-refractivity contribution in [2.75, 3.05) is 19.6 Å². The third-order valence-electron chi connectivity index (χ3n) is 6.86. The molecule has 0 spiro atoms. The van der Waals surface area contributed by atoms with Crippen LogP contribution in [0, 0.1) is 12.8 Å². The highest BCUT2D eigenvalue weighted by atomic mass is 35.5. The van der Waals surface area contributed by atoms with Crippen molar-refractivity contribution in [3.63, 3.8) is 0 Å². The Morgan fingerprint density at radius 3 is 1.91 bits per heavy atom. The Morgan fingerprint density at radius 1 is 0.879 bits per heavy atom. The van der Waals surface area contributed by atoms with Crippen molar-refractivity contribution in [3.05, 3.63) is 107 Å². The molecule has 1 aliphatic heterocycles. The van der Waals surface area contributed by atoms with Crippen molar-refractivity contribution >= 4 is 18.2 Å². The average molecular weight is 464 g/mol. The van der Waals surface area contributed by atoms with Crippen LogP contribution in [0.3, 0.4) is 0 Å². The first-order valence-electron chi connectivity index (χ1n) is 11.7. The van der Waals surface area contributed by atoms with Gasteiger partial charge in [0.15, 0.2) is 5.78 Å². The van der Waals surface area contributed by atoms with Crippen molar-refractivity contribution < 1.29 is 9.90 Å². The van der Waals surface area contributed by atoms with E-state index in [2.05, 4.69) is 4.90 Å². The molecule has 0 bridgehead atoms. The van der Waals surface area contributed by atoms with Gasteiger partial charge in [0.25, 0.3) is 0 Å². The summed E-state index contributed by atoms with van der Waals surface area (Å²) < 4.78 is 0.